The molecule has 3 aromatic rings. The SMILES string of the molecule is COC(=O)CSc1nc2sc3c(c2c(=O)n1-c1cc(C)ccc1C)CC[C@@H](C)C3. The highest BCUT2D eigenvalue weighted by Gasteiger charge is 2.25. The summed E-state index contributed by atoms with van der Waals surface area (Å²) >= 11 is 2.88. The lowest BCUT2D eigenvalue weighted by Gasteiger charge is -2.18. The van der Waals surface area contributed by atoms with Gasteiger partial charge in [-0.15, -0.1) is 11.3 Å². The lowest BCUT2D eigenvalue weighted by atomic mass is 9.89. The highest BCUT2D eigenvalue weighted by Crippen LogP contribution is 2.37. The van der Waals surface area contributed by atoms with E-state index in [2.05, 4.69) is 6.92 Å². The Morgan fingerprint density at radius 2 is 2.17 bits per heavy atom. The zero-order valence-electron chi connectivity index (χ0n) is 17.1. The average molecular weight is 429 g/mol. The molecule has 0 amide bonds. The van der Waals surface area contributed by atoms with Gasteiger partial charge in [0, 0.05) is 4.88 Å². The molecule has 0 fully saturated rings. The van der Waals surface area contributed by atoms with Crippen LogP contribution in [0.15, 0.2) is 28.2 Å². The molecule has 152 valence electrons. The van der Waals surface area contributed by atoms with Crippen LogP contribution >= 0.6 is 23.1 Å². The predicted octanol–water partition coefficient (Wildman–Crippen LogP) is 4.45. The number of carbonyl (C=O) groups excluding carboxylic acids is 1. The quantitative estimate of drug-likeness (QED) is 0.349. The first-order chi connectivity index (χ1) is 13.9. The van der Waals surface area contributed by atoms with Gasteiger partial charge in [0.2, 0.25) is 0 Å². The standard InChI is InChI=1S/C22H24N2O3S2/c1-12-5-7-14(3)16(9-12)24-21(26)19-15-8-6-13(2)10-17(15)29-20(19)23-22(24)28-11-18(25)27-4/h5,7,9,13H,6,8,10-11H2,1-4H3/t13-/m1/s1. The number of methoxy groups -OCH3 is 1. The Bertz CT molecular complexity index is 1160. The van der Waals surface area contributed by atoms with Crippen LogP contribution in [0.1, 0.15) is 34.9 Å². The van der Waals surface area contributed by atoms with Crippen molar-refractivity contribution in [2.75, 3.05) is 12.9 Å². The molecular weight excluding hydrogens is 404 g/mol. The minimum Gasteiger partial charge on any atom is -0.468 e. The van der Waals surface area contributed by atoms with E-state index in [0.717, 1.165) is 46.3 Å². The second-order valence-electron chi connectivity index (χ2n) is 7.72. The third-order valence-electron chi connectivity index (χ3n) is 5.45. The lowest BCUT2D eigenvalue weighted by molar-refractivity contribution is -0.137. The van der Waals surface area contributed by atoms with Crippen LogP contribution in [0.3, 0.4) is 0 Å². The molecule has 0 saturated heterocycles. The molecule has 29 heavy (non-hydrogen) atoms. The maximum Gasteiger partial charge on any atom is 0.316 e. The number of thioether (sulfide) groups is 1. The summed E-state index contributed by atoms with van der Waals surface area (Å²) in [6.45, 7) is 6.26. The summed E-state index contributed by atoms with van der Waals surface area (Å²) in [5.41, 5.74) is 4.02. The molecule has 0 N–H and O–H groups in total. The van der Waals surface area contributed by atoms with E-state index in [1.54, 1.807) is 15.9 Å². The maximum atomic E-state index is 13.7. The van der Waals surface area contributed by atoms with E-state index in [-0.39, 0.29) is 17.3 Å². The van der Waals surface area contributed by atoms with Crippen LogP contribution in [0.4, 0.5) is 0 Å². The third-order valence-corrected chi connectivity index (χ3v) is 7.51. The second-order valence-corrected chi connectivity index (χ2v) is 9.75. The van der Waals surface area contributed by atoms with Crippen molar-refractivity contribution in [3.8, 4) is 5.69 Å². The number of esters is 1. The van der Waals surface area contributed by atoms with Gasteiger partial charge in [0.1, 0.15) is 4.83 Å². The number of ether oxygens (including phenoxy) is 1. The smallest absolute Gasteiger partial charge is 0.316 e. The molecule has 4 rings (SSSR count). The zero-order valence-corrected chi connectivity index (χ0v) is 18.7. The molecule has 2 aromatic heterocycles. The second kappa shape index (κ2) is 7.95. The van der Waals surface area contributed by atoms with Crippen molar-refractivity contribution in [3.63, 3.8) is 0 Å². The molecule has 1 aliphatic rings. The fourth-order valence-electron chi connectivity index (χ4n) is 3.82. The molecule has 0 saturated carbocycles. The highest BCUT2D eigenvalue weighted by atomic mass is 32.2. The van der Waals surface area contributed by atoms with E-state index >= 15 is 0 Å². The number of hydrogen-bond donors (Lipinski definition) is 0. The molecule has 0 spiro atoms. The molecule has 0 bridgehead atoms. The van der Waals surface area contributed by atoms with Gasteiger partial charge in [-0.1, -0.05) is 30.8 Å². The van der Waals surface area contributed by atoms with Gasteiger partial charge in [-0.2, -0.15) is 0 Å². The van der Waals surface area contributed by atoms with E-state index in [4.69, 9.17) is 9.72 Å². The number of hydrogen-bond acceptors (Lipinski definition) is 6. The van der Waals surface area contributed by atoms with E-state index in [1.165, 1.54) is 29.3 Å². The first kappa shape index (κ1) is 20.2. The summed E-state index contributed by atoms with van der Waals surface area (Å²) in [5, 5.41) is 1.29. The maximum absolute atomic E-state index is 13.7. The zero-order chi connectivity index (χ0) is 20.7. The van der Waals surface area contributed by atoms with Gasteiger partial charge in [-0.3, -0.25) is 14.2 Å². The van der Waals surface area contributed by atoms with Crippen molar-refractivity contribution >= 4 is 39.3 Å². The van der Waals surface area contributed by atoms with Crippen LogP contribution in [0.5, 0.6) is 0 Å². The molecule has 5 nitrogen and oxygen atoms in total. The first-order valence-corrected chi connectivity index (χ1v) is 11.5. The van der Waals surface area contributed by atoms with E-state index in [0.29, 0.717) is 11.1 Å². The van der Waals surface area contributed by atoms with Gasteiger partial charge in [0.15, 0.2) is 5.16 Å². The summed E-state index contributed by atoms with van der Waals surface area (Å²) in [4.78, 5) is 32.4. The van der Waals surface area contributed by atoms with E-state index < -0.39 is 0 Å². The van der Waals surface area contributed by atoms with Crippen molar-refractivity contribution in [2.24, 2.45) is 5.92 Å². The van der Waals surface area contributed by atoms with Gasteiger partial charge in [-0.25, -0.2) is 4.98 Å². The number of rotatable bonds is 4. The molecule has 0 aliphatic heterocycles. The number of fused-ring (bicyclic) bond motifs is 3. The highest BCUT2D eigenvalue weighted by molar-refractivity contribution is 7.99. The minimum atomic E-state index is -0.337. The van der Waals surface area contributed by atoms with Crippen LogP contribution in [-0.4, -0.2) is 28.4 Å². The van der Waals surface area contributed by atoms with Crippen LogP contribution < -0.4 is 5.56 Å². The summed E-state index contributed by atoms with van der Waals surface area (Å²) < 4.78 is 6.47. The number of aromatic nitrogens is 2. The van der Waals surface area contributed by atoms with Crippen molar-refractivity contribution in [1.82, 2.24) is 9.55 Å². The fraction of sp³-hybridized carbons (Fsp3) is 0.409. The van der Waals surface area contributed by atoms with E-state index in [9.17, 15) is 9.59 Å². The number of nitrogens with zero attached hydrogens (tertiary/aromatic N) is 2. The van der Waals surface area contributed by atoms with Crippen LogP contribution in [0.25, 0.3) is 15.9 Å². The third kappa shape index (κ3) is 3.73. The molecule has 1 atom stereocenters. The molecule has 7 heteroatoms. The minimum absolute atomic E-state index is 0.0388. The summed E-state index contributed by atoms with van der Waals surface area (Å²) in [5.74, 6) is 0.405. The molecule has 1 aliphatic carbocycles. The molecule has 0 unspecified atom stereocenters. The van der Waals surface area contributed by atoms with Crippen molar-refractivity contribution in [3.05, 3.63) is 50.1 Å². The number of benzene rings is 1. The predicted molar refractivity (Wildman–Crippen MR) is 119 cm³/mol. The van der Waals surface area contributed by atoms with Gasteiger partial charge in [0.05, 0.1) is 23.9 Å². The number of thiophene rings is 1. The summed E-state index contributed by atoms with van der Waals surface area (Å²) in [7, 11) is 1.37. The van der Waals surface area contributed by atoms with Gasteiger partial charge in [-0.05, 0) is 61.8 Å². The van der Waals surface area contributed by atoms with Crippen molar-refractivity contribution in [2.45, 2.75) is 45.2 Å². The monoisotopic (exact) mass is 428 g/mol. The number of aryl methyl sites for hydroxylation is 3. The summed E-state index contributed by atoms with van der Waals surface area (Å²) in [6, 6.07) is 6.05. The molecular formula is C22H24N2O3S2. The normalized spacial score (nSPS) is 16.1. The van der Waals surface area contributed by atoms with Gasteiger partial charge >= 0.3 is 5.97 Å². The van der Waals surface area contributed by atoms with Crippen molar-refractivity contribution in [1.29, 1.82) is 0 Å². The van der Waals surface area contributed by atoms with Crippen LogP contribution in [-0.2, 0) is 22.4 Å². The number of carbonyl (C=O) groups is 1. The molecule has 2 heterocycles. The Labute approximate surface area is 178 Å². The van der Waals surface area contributed by atoms with Crippen LogP contribution in [0, 0.1) is 19.8 Å². The van der Waals surface area contributed by atoms with Gasteiger partial charge < -0.3 is 4.74 Å². The Balaban J connectivity index is 1.97. The molecule has 0 radical (unpaired) electrons. The Kier molecular flexibility index (Phi) is 5.53. The Morgan fingerprint density at radius 1 is 1.38 bits per heavy atom. The fourth-order valence-corrected chi connectivity index (χ4v) is 6.09. The van der Waals surface area contributed by atoms with Crippen LogP contribution in [0.2, 0.25) is 0 Å². The summed E-state index contributed by atoms with van der Waals surface area (Å²) in [6.07, 6.45) is 3.03. The topological polar surface area (TPSA) is 61.2 Å². The largest absolute Gasteiger partial charge is 0.468 e. The first-order valence-electron chi connectivity index (χ1n) is 9.73. The van der Waals surface area contributed by atoms with Gasteiger partial charge in [0.25, 0.3) is 5.56 Å². The Morgan fingerprint density at radius 3 is 2.93 bits per heavy atom. The lowest BCUT2D eigenvalue weighted by Crippen LogP contribution is -2.24. The van der Waals surface area contributed by atoms with E-state index in [1.807, 2.05) is 32.0 Å². The van der Waals surface area contributed by atoms with Crippen molar-refractivity contribution < 1.29 is 9.53 Å². The molecule has 1 aromatic carbocycles. The average Bonchev–Trinajstić information content (AvgIpc) is 3.05. The Hall–Kier alpha value is -2.12.